The van der Waals surface area contributed by atoms with Crippen molar-refractivity contribution < 1.29 is 9.84 Å². The highest BCUT2D eigenvalue weighted by molar-refractivity contribution is 6.83. The topological polar surface area (TPSA) is 29.5 Å². The lowest BCUT2D eigenvalue weighted by atomic mass is 10.1. The Balaban J connectivity index is 2.57. The summed E-state index contributed by atoms with van der Waals surface area (Å²) >= 11 is 0. The maximum atomic E-state index is 10.0. The molecule has 2 nitrogen and oxygen atoms in total. The Bertz CT molecular complexity index is 550. The largest absolute Gasteiger partial charge is 0.496 e. The molecule has 3 heteroatoms. The summed E-state index contributed by atoms with van der Waals surface area (Å²) in [6.07, 6.45) is 0.635. The van der Waals surface area contributed by atoms with Gasteiger partial charge >= 0.3 is 0 Å². The number of hydrogen-bond acceptors (Lipinski definition) is 2. The van der Waals surface area contributed by atoms with Gasteiger partial charge in [0.1, 0.15) is 19.9 Å². The van der Waals surface area contributed by atoms with Crippen molar-refractivity contribution in [3.8, 4) is 29.1 Å². The van der Waals surface area contributed by atoms with E-state index in [-0.39, 0.29) is 0 Å². The first-order valence-electron chi connectivity index (χ1n) is 6.73. The number of aliphatic hydroxyl groups excluding tert-OH is 1. The smallest absolute Gasteiger partial charge is 0.143 e. The summed E-state index contributed by atoms with van der Waals surface area (Å²) < 4.78 is 5.20. The Morgan fingerprint density at radius 2 is 1.80 bits per heavy atom. The SMILES string of the molecule is COc1ccccc1C(O)C#CCCC#C[Si](C)(C)C. The fourth-order valence-corrected chi connectivity index (χ4v) is 2.25. The van der Waals surface area contributed by atoms with Crippen LogP contribution < -0.4 is 4.74 Å². The Morgan fingerprint density at radius 1 is 1.15 bits per heavy atom. The summed E-state index contributed by atoms with van der Waals surface area (Å²) in [5.74, 6) is 9.64. The molecular formula is C17H22O2Si. The second kappa shape index (κ2) is 7.80. The van der Waals surface area contributed by atoms with Gasteiger partial charge in [0.15, 0.2) is 0 Å². The van der Waals surface area contributed by atoms with Crippen molar-refractivity contribution in [2.24, 2.45) is 0 Å². The van der Waals surface area contributed by atoms with Crippen LogP contribution in [-0.2, 0) is 0 Å². The molecule has 0 aliphatic carbocycles. The van der Waals surface area contributed by atoms with Gasteiger partial charge in [-0.1, -0.05) is 49.7 Å². The number of benzene rings is 1. The van der Waals surface area contributed by atoms with E-state index in [0.29, 0.717) is 17.7 Å². The molecule has 1 atom stereocenters. The number of ether oxygens (including phenoxy) is 1. The summed E-state index contributed by atoms with van der Waals surface area (Å²) in [7, 11) is 0.309. The van der Waals surface area contributed by atoms with Crippen molar-refractivity contribution in [2.75, 3.05) is 7.11 Å². The Labute approximate surface area is 123 Å². The normalized spacial score (nSPS) is 11.7. The van der Waals surface area contributed by atoms with Gasteiger partial charge in [-0.05, 0) is 6.07 Å². The average molecular weight is 286 g/mol. The molecule has 0 bridgehead atoms. The van der Waals surface area contributed by atoms with E-state index in [9.17, 15) is 5.11 Å². The van der Waals surface area contributed by atoms with Gasteiger partial charge in [0.25, 0.3) is 0 Å². The summed E-state index contributed by atoms with van der Waals surface area (Å²) in [4.78, 5) is 0. The van der Waals surface area contributed by atoms with E-state index in [0.717, 1.165) is 6.42 Å². The molecule has 0 fully saturated rings. The number of aliphatic hydroxyl groups is 1. The predicted octanol–water partition coefficient (Wildman–Crippen LogP) is 3.39. The molecule has 1 N–H and O–H groups in total. The zero-order valence-corrected chi connectivity index (χ0v) is 13.7. The van der Waals surface area contributed by atoms with E-state index >= 15 is 0 Å². The number of methoxy groups -OCH3 is 1. The third-order valence-corrected chi connectivity index (χ3v) is 3.44. The summed E-state index contributed by atoms with van der Waals surface area (Å²) in [5.41, 5.74) is 4.00. The average Bonchev–Trinajstić information content (AvgIpc) is 2.41. The summed E-state index contributed by atoms with van der Waals surface area (Å²) in [6, 6.07) is 7.37. The fourth-order valence-electron chi connectivity index (χ4n) is 1.59. The quantitative estimate of drug-likeness (QED) is 0.524. The van der Waals surface area contributed by atoms with Crippen molar-refractivity contribution in [3.63, 3.8) is 0 Å². The minimum atomic E-state index is -1.28. The monoisotopic (exact) mass is 286 g/mol. The van der Waals surface area contributed by atoms with Crippen LogP contribution in [0.3, 0.4) is 0 Å². The second-order valence-corrected chi connectivity index (χ2v) is 10.3. The molecule has 1 aromatic carbocycles. The van der Waals surface area contributed by atoms with Gasteiger partial charge in [-0.15, -0.1) is 11.5 Å². The number of hydrogen-bond donors (Lipinski definition) is 1. The number of para-hydroxylation sites is 1. The molecule has 1 unspecified atom stereocenters. The standard InChI is InChI=1S/C17H22O2Si/c1-19-17-13-9-8-11-15(17)16(18)12-7-5-6-10-14-20(2,3)4/h8-9,11,13,16,18H,5-6H2,1-4H3. The van der Waals surface area contributed by atoms with Gasteiger partial charge in [-0.3, -0.25) is 0 Å². The predicted molar refractivity (Wildman–Crippen MR) is 86.1 cm³/mol. The van der Waals surface area contributed by atoms with Crippen molar-refractivity contribution in [1.29, 1.82) is 0 Å². The molecule has 1 aromatic rings. The van der Waals surface area contributed by atoms with Crippen molar-refractivity contribution in [2.45, 2.75) is 38.6 Å². The first kappa shape index (κ1) is 16.4. The van der Waals surface area contributed by atoms with Crippen molar-refractivity contribution >= 4 is 8.07 Å². The van der Waals surface area contributed by atoms with Gasteiger partial charge in [0.2, 0.25) is 0 Å². The lowest BCUT2D eigenvalue weighted by Gasteiger charge is -2.09. The van der Waals surface area contributed by atoms with Gasteiger partial charge < -0.3 is 9.84 Å². The molecule has 1 rings (SSSR count). The maximum absolute atomic E-state index is 10.0. The van der Waals surface area contributed by atoms with E-state index in [1.54, 1.807) is 7.11 Å². The molecule has 0 radical (unpaired) electrons. The van der Waals surface area contributed by atoms with E-state index in [1.807, 2.05) is 24.3 Å². The zero-order chi connectivity index (χ0) is 15.0. The molecule has 0 spiro atoms. The van der Waals surface area contributed by atoms with E-state index in [1.165, 1.54) is 0 Å². The van der Waals surface area contributed by atoms with Crippen LogP contribution in [-0.4, -0.2) is 20.3 Å². The molecule has 0 aromatic heterocycles. The van der Waals surface area contributed by atoms with Crippen LogP contribution in [0.25, 0.3) is 0 Å². The van der Waals surface area contributed by atoms with Crippen LogP contribution in [0.5, 0.6) is 5.75 Å². The van der Waals surface area contributed by atoms with Crippen molar-refractivity contribution in [1.82, 2.24) is 0 Å². The molecule has 0 amide bonds. The third-order valence-electron chi connectivity index (χ3n) is 2.51. The molecule has 0 aliphatic heterocycles. The first-order valence-corrected chi connectivity index (χ1v) is 10.2. The highest BCUT2D eigenvalue weighted by Crippen LogP contribution is 2.23. The van der Waals surface area contributed by atoms with Crippen LogP contribution in [0.2, 0.25) is 19.6 Å². The number of unbranched alkanes of at least 4 members (excludes halogenated alkanes) is 1. The van der Waals surface area contributed by atoms with Gasteiger partial charge in [-0.25, -0.2) is 0 Å². The molecule has 0 saturated carbocycles. The highest BCUT2D eigenvalue weighted by Gasteiger charge is 2.09. The van der Waals surface area contributed by atoms with Gasteiger partial charge in [-0.2, -0.15) is 0 Å². The summed E-state index contributed by atoms with van der Waals surface area (Å²) in [5, 5.41) is 10.0. The van der Waals surface area contributed by atoms with Crippen LogP contribution in [0.1, 0.15) is 24.5 Å². The number of rotatable bonds is 3. The van der Waals surface area contributed by atoms with Crippen LogP contribution in [0.4, 0.5) is 0 Å². The minimum Gasteiger partial charge on any atom is -0.496 e. The maximum Gasteiger partial charge on any atom is 0.143 e. The lowest BCUT2D eigenvalue weighted by molar-refractivity contribution is 0.232. The van der Waals surface area contributed by atoms with Gasteiger partial charge in [0.05, 0.1) is 7.11 Å². The molecule has 20 heavy (non-hydrogen) atoms. The summed E-state index contributed by atoms with van der Waals surface area (Å²) in [6.45, 7) is 6.66. The van der Waals surface area contributed by atoms with E-state index in [2.05, 4.69) is 42.9 Å². The zero-order valence-electron chi connectivity index (χ0n) is 12.7. The Hall–Kier alpha value is -1.68. The fraction of sp³-hybridized carbons (Fsp3) is 0.412. The molecule has 0 saturated heterocycles. The van der Waals surface area contributed by atoms with E-state index < -0.39 is 14.2 Å². The Morgan fingerprint density at radius 3 is 2.45 bits per heavy atom. The highest BCUT2D eigenvalue weighted by atomic mass is 28.3. The second-order valence-electron chi connectivity index (χ2n) is 5.52. The molecule has 106 valence electrons. The van der Waals surface area contributed by atoms with Crippen LogP contribution >= 0.6 is 0 Å². The minimum absolute atomic E-state index is 0.660. The Kier molecular flexibility index (Phi) is 6.38. The van der Waals surface area contributed by atoms with E-state index in [4.69, 9.17) is 4.74 Å². The third kappa shape index (κ3) is 5.97. The molecule has 0 aliphatic rings. The lowest BCUT2D eigenvalue weighted by Crippen LogP contribution is -2.16. The van der Waals surface area contributed by atoms with Crippen LogP contribution in [0.15, 0.2) is 24.3 Å². The van der Waals surface area contributed by atoms with Crippen molar-refractivity contribution in [3.05, 3.63) is 29.8 Å². The van der Waals surface area contributed by atoms with Gasteiger partial charge in [0, 0.05) is 18.4 Å². The molecule has 0 heterocycles. The molecular weight excluding hydrogens is 264 g/mol. The van der Waals surface area contributed by atoms with Crippen LogP contribution in [0, 0.1) is 23.3 Å². The first-order chi connectivity index (χ1) is 9.44.